The second kappa shape index (κ2) is 7.95. The molecule has 1 aromatic carbocycles. The van der Waals surface area contributed by atoms with Crippen molar-refractivity contribution in [3.05, 3.63) is 60.3 Å². The molecule has 0 bridgehead atoms. The fourth-order valence-electron chi connectivity index (χ4n) is 3.45. The van der Waals surface area contributed by atoms with E-state index in [2.05, 4.69) is 29.1 Å². The van der Waals surface area contributed by atoms with Gasteiger partial charge in [-0.05, 0) is 35.7 Å². The van der Waals surface area contributed by atoms with E-state index in [1.54, 1.807) is 25.8 Å². The molecular weight excluding hydrogens is 368 g/mol. The molecule has 1 aliphatic rings. The van der Waals surface area contributed by atoms with Crippen LogP contribution in [0, 0.1) is 5.92 Å². The van der Waals surface area contributed by atoms with Crippen LogP contribution in [0.15, 0.2) is 49.1 Å². The Morgan fingerprint density at radius 2 is 2.14 bits per heavy atom. The smallest absolute Gasteiger partial charge is 0.226 e. The van der Waals surface area contributed by atoms with E-state index in [-0.39, 0.29) is 11.8 Å². The highest BCUT2D eigenvalue weighted by molar-refractivity contribution is 5.94. The van der Waals surface area contributed by atoms with Crippen LogP contribution in [0.5, 0.6) is 11.5 Å². The molecule has 1 atom stereocenters. The molecule has 3 aromatic rings. The first kappa shape index (κ1) is 19.0. The normalized spacial score (nSPS) is 15.7. The van der Waals surface area contributed by atoms with Crippen LogP contribution in [0.25, 0.3) is 5.69 Å². The van der Waals surface area contributed by atoms with Crippen molar-refractivity contribution in [2.75, 3.05) is 19.0 Å². The maximum Gasteiger partial charge on any atom is 0.226 e. The summed E-state index contributed by atoms with van der Waals surface area (Å²) in [5, 5.41) is 2.96. The lowest BCUT2D eigenvalue weighted by Gasteiger charge is -2.24. The third-order valence-electron chi connectivity index (χ3n) is 4.86. The summed E-state index contributed by atoms with van der Waals surface area (Å²) in [6, 6.07) is 9.60. The molecule has 3 heterocycles. The molecule has 1 unspecified atom stereocenters. The van der Waals surface area contributed by atoms with Gasteiger partial charge in [-0.3, -0.25) is 14.3 Å². The number of imidazole rings is 1. The number of fused-ring (bicyclic) bond motifs is 1. The number of pyridine rings is 1. The highest BCUT2D eigenvalue weighted by atomic mass is 16.5. The lowest BCUT2D eigenvalue weighted by atomic mass is 9.89. The maximum atomic E-state index is 12.5. The summed E-state index contributed by atoms with van der Waals surface area (Å²) >= 11 is 0. The third-order valence-corrected chi connectivity index (χ3v) is 4.86. The molecule has 1 N–H and O–H groups in total. The van der Waals surface area contributed by atoms with Gasteiger partial charge in [-0.25, -0.2) is 4.98 Å². The van der Waals surface area contributed by atoms with E-state index < -0.39 is 0 Å². The Morgan fingerprint density at radius 1 is 1.28 bits per heavy atom. The molecule has 0 saturated carbocycles. The van der Waals surface area contributed by atoms with Gasteiger partial charge in [0.25, 0.3) is 0 Å². The van der Waals surface area contributed by atoms with Crippen LogP contribution >= 0.6 is 0 Å². The van der Waals surface area contributed by atoms with E-state index in [0.717, 1.165) is 16.9 Å². The van der Waals surface area contributed by atoms with Crippen LogP contribution in [-0.2, 0) is 4.79 Å². The number of rotatable bonds is 6. The Hall–Kier alpha value is -3.35. The number of ether oxygens (including phenoxy) is 2. The van der Waals surface area contributed by atoms with Crippen LogP contribution in [-0.4, -0.2) is 34.2 Å². The highest BCUT2D eigenvalue weighted by Crippen LogP contribution is 2.40. The van der Waals surface area contributed by atoms with Gasteiger partial charge >= 0.3 is 0 Å². The van der Waals surface area contributed by atoms with Crippen LogP contribution in [0.1, 0.15) is 37.4 Å². The van der Waals surface area contributed by atoms with Gasteiger partial charge in [0.1, 0.15) is 12.1 Å². The topological polar surface area (TPSA) is 78.3 Å². The fourth-order valence-corrected chi connectivity index (χ4v) is 3.45. The Balaban J connectivity index is 1.70. The van der Waals surface area contributed by atoms with E-state index in [1.807, 2.05) is 34.9 Å². The van der Waals surface area contributed by atoms with Crippen LogP contribution < -0.4 is 14.8 Å². The number of aromatic nitrogens is 3. The Kier molecular flexibility index (Phi) is 5.20. The quantitative estimate of drug-likeness (QED) is 0.691. The number of amides is 1. The van der Waals surface area contributed by atoms with Crippen molar-refractivity contribution in [2.45, 2.75) is 26.2 Å². The van der Waals surface area contributed by atoms with Gasteiger partial charge < -0.3 is 14.8 Å². The molecule has 0 radical (unpaired) electrons. The number of methoxy groups -OCH3 is 1. The molecule has 1 amide bonds. The van der Waals surface area contributed by atoms with Crippen molar-refractivity contribution in [1.29, 1.82) is 0 Å². The molecule has 0 fully saturated rings. The number of anilines is 1. The Bertz CT molecular complexity index is 1010. The van der Waals surface area contributed by atoms with Crippen LogP contribution in [0.2, 0.25) is 0 Å². The van der Waals surface area contributed by atoms with Crippen molar-refractivity contribution in [3.8, 4) is 17.2 Å². The van der Waals surface area contributed by atoms with Crippen molar-refractivity contribution >= 4 is 11.7 Å². The number of nitrogens with one attached hydrogen (secondary N) is 1. The summed E-state index contributed by atoms with van der Waals surface area (Å²) in [6.07, 6.45) is 5.50. The zero-order chi connectivity index (χ0) is 20.4. The van der Waals surface area contributed by atoms with Crippen molar-refractivity contribution in [2.24, 2.45) is 5.92 Å². The lowest BCUT2D eigenvalue weighted by molar-refractivity contribution is -0.116. The molecule has 4 rings (SSSR count). The predicted molar refractivity (Wildman–Crippen MR) is 110 cm³/mol. The van der Waals surface area contributed by atoms with E-state index in [1.165, 1.54) is 0 Å². The SMILES string of the molecule is COc1cc(C2CC(=O)Nc3c2ncn3-c2cccnc2)ccc1OCC(C)C. The number of carbonyl (C=O) groups is 1. The summed E-state index contributed by atoms with van der Waals surface area (Å²) in [5.74, 6) is 2.24. The Labute approximate surface area is 169 Å². The monoisotopic (exact) mass is 392 g/mol. The van der Waals surface area contributed by atoms with Crippen molar-refractivity contribution in [1.82, 2.24) is 14.5 Å². The van der Waals surface area contributed by atoms with E-state index in [4.69, 9.17) is 9.47 Å². The standard InChI is InChI=1S/C22H24N4O3/c1-14(2)12-29-18-7-6-15(9-19(18)28-3)17-10-20(27)25-22-21(17)24-13-26(22)16-5-4-8-23-11-16/h4-9,11,13-14,17H,10,12H2,1-3H3,(H,25,27). The zero-order valence-electron chi connectivity index (χ0n) is 16.8. The molecule has 29 heavy (non-hydrogen) atoms. The summed E-state index contributed by atoms with van der Waals surface area (Å²) in [5.41, 5.74) is 2.63. The summed E-state index contributed by atoms with van der Waals surface area (Å²) in [7, 11) is 1.62. The van der Waals surface area contributed by atoms with Crippen LogP contribution in [0.3, 0.4) is 0 Å². The maximum absolute atomic E-state index is 12.5. The minimum absolute atomic E-state index is 0.0489. The summed E-state index contributed by atoms with van der Waals surface area (Å²) < 4.78 is 13.2. The minimum Gasteiger partial charge on any atom is -0.493 e. The number of hydrogen-bond donors (Lipinski definition) is 1. The molecule has 150 valence electrons. The molecular formula is C22H24N4O3. The van der Waals surface area contributed by atoms with E-state index in [0.29, 0.717) is 36.3 Å². The molecule has 0 saturated heterocycles. The van der Waals surface area contributed by atoms with Crippen LogP contribution in [0.4, 0.5) is 5.82 Å². The van der Waals surface area contributed by atoms with Gasteiger partial charge in [0.15, 0.2) is 11.5 Å². The summed E-state index contributed by atoms with van der Waals surface area (Å²) in [4.78, 5) is 21.2. The first-order valence-electron chi connectivity index (χ1n) is 9.65. The van der Waals surface area contributed by atoms with Gasteiger partial charge in [0.05, 0.1) is 31.3 Å². The average molecular weight is 392 g/mol. The first-order valence-corrected chi connectivity index (χ1v) is 9.65. The largest absolute Gasteiger partial charge is 0.493 e. The fraction of sp³-hybridized carbons (Fsp3) is 0.318. The van der Waals surface area contributed by atoms with Crippen molar-refractivity contribution in [3.63, 3.8) is 0 Å². The molecule has 1 aliphatic heterocycles. The number of hydrogen-bond acceptors (Lipinski definition) is 5. The Morgan fingerprint density at radius 3 is 2.86 bits per heavy atom. The molecule has 0 spiro atoms. The van der Waals surface area contributed by atoms with Gasteiger partial charge in [-0.1, -0.05) is 19.9 Å². The molecule has 0 aliphatic carbocycles. The van der Waals surface area contributed by atoms with Gasteiger partial charge in [0.2, 0.25) is 5.91 Å². The number of carbonyl (C=O) groups excluding carboxylic acids is 1. The number of nitrogens with zero attached hydrogens (tertiary/aromatic N) is 3. The molecule has 7 heteroatoms. The zero-order valence-corrected chi connectivity index (χ0v) is 16.8. The second-order valence-electron chi connectivity index (χ2n) is 7.48. The van der Waals surface area contributed by atoms with Gasteiger partial charge in [0, 0.05) is 18.5 Å². The second-order valence-corrected chi connectivity index (χ2v) is 7.48. The minimum atomic E-state index is -0.162. The molecule has 7 nitrogen and oxygen atoms in total. The predicted octanol–water partition coefficient (Wildman–Crippen LogP) is 3.78. The highest BCUT2D eigenvalue weighted by Gasteiger charge is 2.31. The molecule has 2 aromatic heterocycles. The summed E-state index contributed by atoms with van der Waals surface area (Å²) in [6.45, 7) is 4.81. The third kappa shape index (κ3) is 3.81. The number of benzene rings is 1. The lowest BCUT2D eigenvalue weighted by Crippen LogP contribution is -2.25. The van der Waals surface area contributed by atoms with Crippen molar-refractivity contribution < 1.29 is 14.3 Å². The average Bonchev–Trinajstić information content (AvgIpc) is 3.15. The van der Waals surface area contributed by atoms with Gasteiger partial charge in [-0.15, -0.1) is 0 Å². The first-order chi connectivity index (χ1) is 14.1. The van der Waals surface area contributed by atoms with Gasteiger partial charge in [-0.2, -0.15) is 0 Å². The van der Waals surface area contributed by atoms with E-state index >= 15 is 0 Å². The van der Waals surface area contributed by atoms with E-state index in [9.17, 15) is 4.79 Å².